The van der Waals surface area contributed by atoms with Crippen LogP contribution in [0.25, 0.3) is 0 Å². The Kier molecular flexibility index (Phi) is 3.44. The molecule has 0 saturated heterocycles. The highest BCUT2D eigenvalue weighted by molar-refractivity contribution is 5.85. The Morgan fingerprint density at radius 1 is 1.30 bits per heavy atom. The minimum Gasteiger partial charge on any atom is -0.481 e. The number of anilines is 1. The maximum Gasteiger partial charge on any atom is 0.416 e. The first-order chi connectivity index (χ1) is 9.18. The molecule has 1 aliphatic rings. The SMILES string of the molecule is CN(C)c1ccc(C(F)(F)F)cc1C1(C(=O)O)CCC1. The molecule has 0 aromatic heterocycles. The summed E-state index contributed by atoms with van der Waals surface area (Å²) in [6, 6.07) is 3.33. The molecule has 0 heterocycles. The summed E-state index contributed by atoms with van der Waals surface area (Å²) in [7, 11) is 3.39. The third-order valence-corrected chi connectivity index (χ3v) is 3.94. The van der Waals surface area contributed by atoms with Gasteiger partial charge in [0.2, 0.25) is 0 Å². The van der Waals surface area contributed by atoms with E-state index in [0.717, 1.165) is 18.6 Å². The molecule has 0 bridgehead atoms. The summed E-state index contributed by atoms with van der Waals surface area (Å²) < 4.78 is 38.6. The molecule has 0 radical (unpaired) electrons. The van der Waals surface area contributed by atoms with Crippen molar-refractivity contribution in [2.45, 2.75) is 30.9 Å². The lowest BCUT2D eigenvalue weighted by atomic mass is 9.63. The highest BCUT2D eigenvalue weighted by Gasteiger charge is 2.48. The molecule has 2 rings (SSSR count). The smallest absolute Gasteiger partial charge is 0.416 e. The van der Waals surface area contributed by atoms with Crippen LogP contribution in [0.1, 0.15) is 30.4 Å². The van der Waals surface area contributed by atoms with Crippen LogP contribution in [0.2, 0.25) is 0 Å². The molecule has 1 aliphatic carbocycles. The van der Waals surface area contributed by atoms with Crippen molar-refractivity contribution < 1.29 is 23.1 Å². The molecule has 0 aliphatic heterocycles. The molecule has 0 unspecified atom stereocenters. The number of hydrogen-bond acceptors (Lipinski definition) is 2. The Hall–Kier alpha value is -1.72. The summed E-state index contributed by atoms with van der Waals surface area (Å²) in [4.78, 5) is 13.2. The molecule has 1 fully saturated rings. The number of rotatable bonds is 3. The van der Waals surface area contributed by atoms with Crippen LogP contribution in [0.5, 0.6) is 0 Å². The highest BCUT2D eigenvalue weighted by Crippen LogP contribution is 2.48. The van der Waals surface area contributed by atoms with E-state index in [1.807, 2.05) is 0 Å². The molecule has 1 N–H and O–H groups in total. The van der Waals surface area contributed by atoms with E-state index in [4.69, 9.17) is 0 Å². The van der Waals surface area contributed by atoms with E-state index in [9.17, 15) is 23.1 Å². The van der Waals surface area contributed by atoms with Gasteiger partial charge in [0.25, 0.3) is 0 Å². The maximum atomic E-state index is 12.9. The molecule has 20 heavy (non-hydrogen) atoms. The number of benzene rings is 1. The van der Waals surface area contributed by atoms with Crippen LogP contribution in [0.15, 0.2) is 18.2 Å². The van der Waals surface area contributed by atoms with Gasteiger partial charge in [0.05, 0.1) is 11.0 Å². The zero-order chi connectivity index (χ0) is 15.1. The molecule has 1 aromatic rings. The van der Waals surface area contributed by atoms with Gasteiger partial charge in [0.15, 0.2) is 0 Å². The first-order valence-corrected chi connectivity index (χ1v) is 6.31. The van der Waals surface area contributed by atoms with Crippen LogP contribution in [-0.4, -0.2) is 25.2 Å². The second-order valence-electron chi connectivity index (χ2n) is 5.36. The maximum absolute atomic E-state index is 12.9. The summed E-state index contributed by atoms with van der Waals surface area (Å²) >= 11 is 0. The lowest BCUT2D eigenvalue weighted by Crippen LogP contribution is -2.43. The van der Waals surface area contributed by atoms with Crippen molar-refractivity contribution in [3.05, 3.63) is 29.3 Å². The van der Waals surface area contributed by atoms with Gasteiger partial charge in [0.1, 0.15) is 0 Å². The molecule has 0 atom stereocenters. The number of alkyl halides is 3. The van der Waals surface area contributed by atoms with Gasteiger partial charge in [-0.1, -0.05) is 6.42 Å². The zero-order valence-corrected chi connectivity index (χ0v) is 11.3. The molecule has 0 spiro atoms. The predicted molar refractivity (Wildman–Crippen MR) is 68.9 cm³/mol. The molecular weight excluding hydrogens is 271 g/mol. The molecule has 1 aromatic carbocycles. The standard InChI is InChI=1S/C14H16F3NO2/c1-18(2)11-5-4-9(14(15,16)17)8-10(11)13(12(19)20)6-3-7-13/h4-5,8H,3,6-7H2,1-2H3,(H,19,20). The average molecular weight is 287 g/mol. The number of carbonyl (C=O) groups is 1. The number of aliphatic carboxylic acids is 1. The van der Waals surface area contributed by atoms with Crippen LogP contribution in [0.4, 0.5) is 18.9 Å². The fraction of sp³-hybridized carbons (Fsp3) is 0.500. The largest absolute Gasteiger partial charge is 0.481 e. The van der Waals surface area contributed by atoms with Gasteiger partial charge in [0, 0.05) is 19.8 Å². The monoisotopic (exact) mass is 287 g/mol. The average Bonchev–Trinajstić information content (AvgIpc) is 2.25. The molecule has 1 saturated carbocycles. The van der Waals surface area contributed by atoms with Gasteiger partial charge in [-0.3, -0.25) is 4.79 Å². The van der Waals surface area contributed by atoms with E-state index in [1.165, 1.54) is 6.07 Å². The minimum atomic E-state index is -4.47. The Morgan fingerprint density at radius 2 is 1.90 bits per heavy atom. The normalized spacial score (nSPS) is 17.4. The highest BCUT2D eigenvalue weighted by atomic mass is 19.4. The molecule has 110 valence electrons. The molecule has 0 amide bonds. The first kappa shape index (κ1) is 14.7. The van der Waals surface area contributed by atoms with Crippen molar-refractivity contribution in [2.75, 3.05) is 19.0 Å². The van der Waals surface area contributed by atoms with Gasteiger partial charge >= 0.3 is 12.1 Å². The van der Waals surface area contributed by atoms with Crippen molar-refractivity contribution >= 4 is 11.7 Å². The second kappa shape index (κ2) is 4.68. The number of carboxylic acids is 1. The van der Waals surface area contributed by atoms with Crippen molar-refractivity contribution in [1.82, 2.24) is 0 Å². The quantitative estimate of drug-likeness (QED) is 0.927. The predicted octanol–water partition coefficient (Wildman–Crippen LogP) is 3.28. The molecular formula is C14H16F3NO2. The van der Waals surface area contributed by atoms with E-state index < -0.39 is 23.1 Å². The lowest BCUT2D eigenvalue weighted by Gasteiger charge is -2.40. The van der Waals surface area contributed by atoms with E-state index in [1.54, 1.807) is 19.0 Å². The van der Waals surface area contributed by atoms with E-state index in [-0.39, 0.29) is 5.56 Å². The van der Waals surface area contributed by atoms with Crippen molar-refractivity contribution in [3.63, 3.8) is 0 Å². The molecule has 3 nitrogen and oxygen atoms in total. The Bertz CT molecular complexity index is 534. The van der Waals surface area contributed by atoms with Gasteiger partial charge in [-0.2, -0.15) is 13.2 Å². The minimum absolute atomic E-state index is 0.260. The summed E-state index contributed by atoms with van der Waals surface area (Å²) in [5, 5.41) is 9.44. The number of nitrogens with zero attached hydrogens (tertiary/aromatic N) is 1. The first-order valence-electron chi connectivity index (χ1n) is 6.31. The van der Waals surface area contributed by atoms with Crippen LogP contribution in [0, 0.1) is 0 Å². The Labute approximate surface area is 115 Å². The van der Waals surface area contributed by atoms with Crippen molar-refractivity contribution in [1.29, 1.82) is 0 Å². The third kappa shape index (κ3) is 2.23. The topological polar surface area (TPSA) is 40.5 Å². The van der Waals surface area contributed by atoms with Crippen LogP contribution in [0.3, 0.4) is 0 Å². The van der Waals surface area contributed by atoms with Crippen LogP contribution < -0.4 is 4.90 Å². The summed E-state index contributed by atoms with van der Waals surface area (Å²) in [6.45, 7) is 0. The van der Waals surface area contributed by atoms with E-state index in [2.05, 4.69) is 0 Å². The lowest BCUT2D eigenvalue weighted by molar-refractivity contribution is -0.148. The Morgan fingerprint density at radius 3 is 2.25 bits per heavy atom. The fourth-order valence-electron chi connectivity index (χ4n) is 2.61. The summed E-state index contributed by atoms with van der Waals surface area (Å²) in [6.07, 6.45) is -2.99. The number of hydrogen-bond donors (Lipinski definition) is 1. The van der Waals surface area contributed by atoms with Gasteiger partial charge < -0.3 is 10.0 Å². The second-order valence-corrected chi connectivity index (χ2v) is 5.36. The summed E-state index contributed by atoms with van der Waals surface area (Å²) in [5.41, 5.74) is -1.19. The van der Waals surface area contributed by atoms with E-state index >= 15 is 0 Å². The van der Waals surface area contributed by atoms with Gasteiger partial charge in [-0.25, -0.2) is 0 Å². The van der Waals surface area contributed by atoms with Crippen molar-refractivity contribution in [3.8, 4) is 0 Å². The zero-order valence-electron chi connectivity index (χ0n) is 11.3. The van der Waals surface area contributed by atoms with Crippen molar-refractivity contribution in [2.24, 2.45) is 0 Å². The number of carboxylic acid groups (broad SMARTS) is 1. The van der Waals surface area contributed by atoms with Gasteiger partial charge in [-0.05, 0) is 36.6 Å². The third-order valence-electron chi connectivity index (χ3n) is 3.94. The molecule has 6 heteroatoms. The van der Waals surface area contributed by atoms with Gasteiger partial charge in [-0.15, -0.1) is 0 Å². The summed E-state index contributed by atoms with van der Waals surface area (Å²) in [5.74, 6) is -1.05. The Balaban J connectivity index is 2.62. The van der Waals surface area contributed by atoms with Crippen LogP contribution in [-0.2, 0) is 16.4 Å². The van der Waals surface area contributed by atoms with E-state index in [0.29, 0.717) is 18.5 Å². The fourth-order valence-corrected chi connectivity index (χ4v) is 2.61. The van der Waals surface area contributed by atoms with Crippen LogP contribution >= 0.6 is 0 Å². The number of halogens is 3.